The van der Waals surface area contributed by atoms with Gasteiger partial charge in [-0.3, -0.25) is 4.79 Å². The fraction of sp³-hybridized carbons (Fsp3) is 0.441. The van der Waals surface area contributed by atoms with E-state index in [0.29, 0.717) is 5.75 Å². The number of ketones is 1. The van der Waals surface area contributed by atoms with Crippen LogP contribution in [-0.2, 0) is 20.1 Å². The number of hydrogen-bond donors (Lipinski definition) is 2. The molecule has 0 aliphatic heterocycles. The molecule has 4 aliphatic rings. The van der Waals surface area contributed by atoms with E-state index in [2.05, 4.69) is 0 Å². The van der Waals surface area contributed by atoms with Gasteiger partial charge in [0.05, 0.1) is 11.7 Å². The average Bonchev–Trinajstić information content (AvgIpc) is 3.27. The van der Waals surface area contributed by atoms with Crippen LogP contribution >= 0.6 is 11.8 Å². The largest absolute Gasteiger partial charge is 0.478 e. The molecular weight excluding hydrogens is 574 g/mol. The number of halogens is 2. The lowest BCUT2D eigenvalue weighted by Crippen LogP contribution is -2.70. The number of fused-ring (bicyclic) bond motifs is 5. The van der Waals surface area contributed by atoms with Gasteiger partial charge >= 0.3 is 11.9 Å². The fourth-order valence-electron chi connectivity index (χ4n) is 8.39. The zero-order valence-electron chi connectivity index (χ0n) is 24.0. The van der Waals surface area contributed by atoms with Crippen LogP contribution in [0.4, 0.5) is 8.78 Å². The quantitative estimate of drug-likeness (QED) is 0.294. The summed E-state index contributed by atoms with van der Waals surface area (Å²) in [5.74, 6) is -3.70. The van der Waals surface area contributed by atoms with Crippen LogP contribution in [0.5, 0.6) is 0 Å². The van der Waals surface area contributed by atoms with Crippen molar-refractivity contribution in [1.29, 1.82) is 0 Å². The van der Waals surface area contributed by atoms with Crippen LogP contribution in [0.2, 0.25) is 0 Å². The number of benzene rings is 2. The summed E-state index contributed by atoms with van der Waals surface area (Å²) in [5, 5.41) is 22.0. The second kappa shape index (κ2) is 10.4. The Hall–Kier alpha value is -3.30. The molecule has 4 aliphatic carbocycles. The average molecular weight is 609 g/mol. The highest BCUT2D eigenvalue weighted by Gasteiger charge is 2.77. The molecule has 9 heteroatoms. The predicted molar refractivity (Wildman–Crippen MR) is 157 cm³/mol. The van der Waals surface area contributed by atoms with Gasteiger partial charge in [-0.05, 0) is 86.1 Å². The molecule has 0 unspecified atom stereocenters. The SMILES string of the molecule is C[C@]12C=CC(=O)C=C1[C@@H](F)C[C@H]1[C@@H]3CC[C@](OC(=O)c4ccc(CSc5ccccc5)cc4)(C(=O)O)[C@@]3(C)C[C@H](O)[C@@]12F. The number of aliphatic carboxylic acids is 1. The molecule has 0 bridgehead atoms. The molecule has 6 rings (SSSR count). The monoisotopic (exact) mass is 608 g/mol. The van der Waals surface area contributed by atoms with E-state index in [1.165, 1.54) is 19.1 Å². The number of aliphatic hydroxyl groups is 1. The third kappa shape index (κ3) is 4.33. The van der Waals surface area contributed by atoms with E-state index >= 15 is 8.78 Å². The summed E-state index contributed by atoms with van der Waals surface area (Å²) in [5.41, 5.74) is -6.17. The number of rotatable bonds is 6. The maximum atomic E-state index is 17.4. The lowest BCUT2D eigenvalue weighted by molar-refractivity contribution is -0.226. The first-order valence-electron chi connectivity index (χ1n) is 14.6. The molecule has 2 N–H and O–H groups in total. The van der Waals surface area contributed by atoms with Gasteiger partial charge in [0.15, 0.2) is 11.5 Å². The predicted octanol–water partition coefficient (Wildman–Crippen LogP) is 6.28. The van der Waals surface area contributed by atoms with E-state index in [-0.39, 0.29) is 36.8 Å². The number of carbonyl (C=O) groups excluding carboxylic acids is 2. The molecule has 3 fully saturated rings. The van der Waals surface area contributed by atoms with Crippen molar-refractivity contribution in [2.45, 2.75) is 73.7 Å². The summed E-state index contributed by atoms with van der Waals surface area (Å²) in [6.07, 6.45) is -0.181. The number of carboxylic acid groups (broad SMARTS) is 1. The van der Waals surface area contributed by atoms with Crippen molar-refractivity contribution >= 4 is 29.5 Å². The number of allylic oxidation sites excluding steroid dienone is 4. The topological polar surface area (TPSA) is 101 Å². The lowest BCUT2D eigenvalue weighted by Gasteiger charge is -2.62. The molecule has 2 aromatic carbocycles. The van der Waals surface area contributed by atoms with E-state index in [1.54, 1.807) is 43.0 Å². The standard InChI is InChI=1S/C34H34F2O6S/c1-31-14-12-22(37)16-26(31)27(35)17-25-24-13-15-33(30(40)41,32(24,2)18-28(38)34(25,31)36)42-29(39)21-10-8-20(9-11-21)19-43-23-6-4-3-5-7-23/h3-12,14,16,24-25,27-28,38H,13,15,17-19H2,1-2H3,(H,40,41)/t24-,25-,27-,28-,31-,32-,33-,34-/m0/s1. The molecule has 0 spiro atoms. The van der Waals surface area contributed by atoms with Crippen molar-refractivity contribution < 1.29 is 38.1 Å². The van der Waals surface area contributed by atoms with Gasteiger partial charge in [-0.1, -0.05) is 43.3 Å². The minimum Gasteiger partial charge on any atom is -0.478 e. The van der Waals surface area contributed by atoms with Gasteiger partial charge in [0.2, 0.25) is 5.60 Å². The molecule has 8 atom stereocenters. The number of carboxylic acids is 1. The molecule has 6 nitrogen and oxygen atoms in total. The number of esters is 1. The number of aliphatic hydroxyl groups excluding tert-OH is 1. The molecule has 226 valence electrons. The maximum absolute atomic E-state index is 17.4. The Bertz CT molecular complexity index is 1530. The summed E-state index contributed by atoms with van der Waals surface area (Å²) in [4.78, 5) is 39.6. The number of hydrogen-bond acceptors (Lipinski definition) is 6. The van der Waals surface area contributed by atoms with E-state index in [4.69, 9.17) is 4.74 Å². The summed E-state index contributed by atoms with van der Waals surface area (Å²) in [7, 11) is 0. The Labute approximate surface area is 253 Å². The molecule has 43 heavy (non-hydrogen) atoms. The molecule has 0 heterocycles. The lowest BCUT2D eigenvalue weighted by atomic mass is 9.44. The molecular formula is C34H34F2O6S. The first-order valence-corrected chi connectivity index (χ1v) is 15.5. The molecule has 3 saturated carbocycles. The van der Waals surface area contributed by atoms with Crippen molar-refractivity contribution in [2.24, 2.45) is 22.7 Å². The van der Waals surface area contributed by atoms with Crippen molar-refractivity contribution in [2.75, 3.05) is 0 Å². The van der Waals surface area contributed by atoms with Gasteiger partial charge in [-0.25, -0.2) is 18.4 Å². The Morgan fingerprint density at radius 3 is 2.44 bits per heavy atom. The Balaban J connectivity index is 1.27. The summed E-state index contributed by atoms with van der Waals surface area (Å²) < 4.78 is 38.9. The Morgan fingerprint density at radius 2 is 1.77 bits per heavy atom. The minimum absolute atomic E-state index is 0.000871. The van der Waals surface area contributed by atoms with Gasteiger partial charge in [-0.2, -0.15) is 0 Å². The second-order valence-corrected chi connectivity index (χ2v) is 13.8. The van der Waals surface area contributed by atoms with Gasteiger partial charge < -0.3 is 14.9 Å². The van der Waals surface area contributed by atoms with Crippen molar-refractivity contribution in [3.63, 3.8) is 0 Å². The first-order chi connectivity index (χ1) is 20.4. The maximum Gasteiger partial charge on any atom is 0.348 e. The third-order valence-electron chi connectivity index (χ3n) is 10.7. The van der Waals surface area contributed by atoms with E-state index in [1.807, 2.05) is 30.3 Å². The van der Waals surface area contributed by atoms with Crippen LogP contribution in [-0.4, -0.2) is 51.5 Å². The smallest absolute Gasteiger partial charge is 0.348 e. The number of carbonyl (C=O) groups is 3. The molecule has 0 saturated heterocycles. The first kappa shape index (κ1) is 29.8. The van der Waals surface area contributed by atoms with Crippen LogP contribution in [0.15, 0.2) is 83.3 Å². The van der Waals surface area contributed by atoms with E-state index in [0.717, 1.165) is 16.5 Å². The van der Waals surface area contributed by atoms with E-state index in [9.17, 15) is 24.6 Å². The van der Waals surface area contributed by atoms with Crippen molar-refractivity contribution in [1.82, 2.24) is 0 Å². The van der Waals surface area contributed by atoms with Crippen molar-refractivity contribution in [3.05, 3.63) is 89.5 Å². The summed E-state index contributed by atoms with van der Waals surface area (Å²) in [6.45, 7) is 3.10. The van der Waals surface area contributed by atoms with Gasteiger partial charge in [-0.15, -0.1) is 11.8 Å². The normalized spacial score (nSPS) is 38.0. The highest BCUT2D eigenvalue weighted by atomic mass is 32.2. The zero-order valence-corrected chi connectivity index (χ0v) is 24.8. The molecule has 0 radical (unpaired) electrons. The Kier molecular flexibility index (Phi) is 7.20. The number of ether oxygens (including phenoxy) is 1. The minimum atomic E-state index is -2.34. The number of alkyl halides is 2. The van der Waals surface area contributed by atoms with Crippen LogP contribution in [0.25, 0.3) is 0 Å². The third-order valence-corrected chi connectivity index (χ3v) is 11.8. The van der Waals surface area contributed by atoms with Gasteiger partial charge in [0, 0.05) is 27.4 Å². The second-order valence-electron chi connectivity index (χ2n) is 12.7. The van der Waals surface area contributed by atoms with Crippen LogP contribution in [0.3, 0.4) is 0 Å². The summed E-state index contributed by atoms with van der Waals surface area (Å²) in [6, 6.07) is 16.7. The fourth-order valence-corrected chi connectivity index (χ4v) is 9.27. The van der Waals surface area contributed by atoms with Crippen LogP contribution in [0.1, 0.15) is 55.5 Å². The van der Waals surface area contributed by atoms with E-state index < -0.39 is 63.9 Å². The Morgan fingerprint density at radius 1 is 1.07 bits per heavy atom. The highest BCUT2D eigenvalue weighted by Crippen LogP contribution is 2.70. The van der Waals surface area contributed by atoms with Gasteiger partial charge in [0.25, 0.3) is 0 Å². The van der Waals surface area contributed by atoms with Gasteiger partial charge in [0.1, 0.15) is 6.17 Å². The number of thioether (sulfide) groups is 1. The molecule has 0 aromatic heterocycles. The van der Waals surface area contributed by atoms with Crippen molar-refractivity contribution in [3.8, 4) is 0 Å². The summed E-state index contributed by atoms with van der Waals surface area (Å²) >= 11 is 1.65. The van der Waals surface area contributed by atoms with Crippen LogP contribution < -0.4 is 0 Å². The highest BCUT2D eigenvalue weighted by molar-refractivity contribution is 7.98. The van der Waals surface area contributed by atoms with Crippen LogP contribution in [0, 0.1) is 22.7 Å². The molecule has 2 aromatic rings. The molecule has 0 amide bonds. The zero-order chi connectivity index (χ0) is 30.8.